The fraction of sp³-hybridized carbons (Fsp3) is 0.650. The Bertz CT molecular complexity index is 752. The average Bonchev–Trinajstić information content (AvgIpc) is 3.19. The number of benzene rings is 1. The number of aryl methyl sites for hydroxylation is 1. The third kappa shape index (κ3) is 5.09. The van der Waals surface area contributed by atoms with Crippen molar-refractivity contribution in [3.63, 3.8) is 0 Å². The van der Waals surface area contributed by atoms with Crippen LogP contribution in [0, 0.1) is 6.92 Å². The molecule has 150 valence electrons. The summed E-state index contributed by atoms with van der Waals surface area (Å²) >= 11 is 0. The van der Waals surface area contributed by atoms with Crippen LogP contribution >= 0.6 is 0 Å². The first-order valence-corrected chi connectivity index (χ1v) is 11.6. The lowest BCUT2D eigenvalue weighted by Crippen LogP contribution is -3.10. The van der Waals surface area contributed by atoms with Gasteiger partial charge in [-0.15, -0.1) is 0 Å². The van der Waals surface area contributed by atoms with Crippen molar-refractivity contribution in [1.29, 1.82) is 0 Å². The van der Waals surface area contributed by atoms with Crippen molar-refractivity contribution >= 4 is 15.9 Å². The molecule has 0 atom stereocenters. The van der Waals surface area contributed by atoms with Gasteiger partial charge in [0.05, 0.1) is 24.5 Å². The molecule has 2 N–H and O–H groups in total. The number of piperidine rings is 1. The number of amides is 1. The van der Waals surface area contributed by atoms with Crippen molar-refractivity contribution in [1.82, 2.24) is 9.62 Å². The molecule has 27 heavy (non-hydrogen) atoms. The molecule has 0 saturated carbocycles. The van der Waals surface area contributed by atoms with E-state index < -0.39 is 10.0 Å². The Morgan fingerprint density at radius 2 is 1.81 bits per heavy atom. The lowest BCUT2D eigenvalue weighted by atomic mass is 10.1. The number of hydrogen-bond donors (Lipinski definition) is 2. The zero-order chi connectivity index (χ0) is 19.3. The maximum Gasteiger partial charge on any atom is 0.251 e. The summed E-state index contributed by atoms with van der Waals surface area (Å²) in [6, 6.07) is 4.99. The molecular weight excluding hydrogens is 362 g/mol. The molecule has 0 spiro atoms. The minimum absolute atomic E-state index is 0.193. The van der Waals surface area contributed by atoms with Crippen LogP contribution in [0.1, 0.15) is 54.4 Å². The number of nitrogens with zero attached hydrogens (tertiary/aromatic N) is 1. The predicted molar refractivity (Wildman–Crippen MR) is 106 cm³/mol. The van der Waals surface area contributed by atoms with Gasteiger partial charge in [-0.2, -0.15) is 4.31 Å². The first-order chi connectivity index (χ1) is 13.0. The molecule has 0 aliphatic carbocycles. The smallest absolute Gasteiger partial charge is 0.251 e. The van der Waals surface area contributed by atoms with Crippen molar-refractivity contribution in [2.24, 2.45) is 0 Å². The quantitative estimate of drug-likeness (QED) is 0.677. The Morgan fingerprint density at radius 1 is 1.11 bits per heavy atom. The number of hydrogen-bond acceptors (Lipinski definition) is 3. The first kappa shape index (κ1) is 20.3. The number of carbonyl (C=O) groups excluding carboxylic acids is 1. The standard InChI is InChI=1S/C20H31N3O3S/c1-17-8-9-18(20(24)21-10-7-13-22-11-5-6-12-22)16-19(17)27(25,26)23-14-3-2-4-15-23/h8-9,16H,2-7,10-15H2,1H3,(H,21,24)/p+1. The van der Waals surface area contributed by atoms with Gasteiger partial charge in [0.2, 0.25) is 10.0 Å². The van der Waals surface area contributed by atoms with Crippen molar-refractivity contribution < 1.29 is 18.1 Å². The minimum atomic E-state index is -3.53. The van der Waals surface area contributed by atoms with E-state index in [0.29, 0.717) is 30.8 Å². The van der Waals surface area contributed by atoms with Gasteiger partial charge >= 0.3 is 0 Å². The maximum absolute atomic E-state index is 13.0. The van der Waals surface area contributed by atoms with E-state index in [2.05, 4.69) is 5.32 Å². The Hall–Kier alpha value is -1.44. The van der Waals surface area contributed by atoms with Crippen LogP contribution in [0.5, 0.6) is 0 Å². The van der Waals surface area contributed by atoms with Crippen LogP contribution < -0.4 is 10.2 Å². The molecule has 1 aromatic carbocycles. The number of rotatable bonds is 7. The van der Waals surface area contributed by atoms with E-state index in [0.717, 1.165) is 32.2 Å². The minimum Gasteiger partial charge on any atom is -0.352 e. The molecule has 7 heteroatoms. The van der Waals surface area contributed by atoms with Gasteiger partial charge in [-0.1, -0.05) is 12.5 Å². The van der Waals surface area contributed by atoms with E-state index >= 15 is 0 Å². The summed E-state index contributed by atoms with van der Waals surface area (Å²) in [5.41, 5.74) is 1.11. The highest BCUT2D eigenvalue weighted by atomic mass is 32.2. The Kier molecular flexibility index (Phi) is 6.89. The molecule has 2 heterocycles. The molecule has 2 aliphatic heterocycles. The van der Waals surface area contributed by atoms with Crippen molar-refractivity contribution in [3.05, 3.63) is 29.3 Å². The van der Waals surface area contributed by atoms with Crippen LogP contribution in [0.15, 0.2) is 23.1 Å². The van der Waals surface area contributed by atoms with E-state index in [4.69, 9.17) is 0 Å². The zero-order valence-electron chi connectivity index (χ0n) is 16.3. The number of likely N-dealkylation sites (tertiary alicyclic amines) is 1. The van der Waals surface area contributed by atoms with Gasteiger partial charge in [0.15, 0.2) is 0 Å². The predicted octanol–water partition coefficient (Wildman–Crippen LogP) is 0.968. The third-order valence-electron chi connectivity index (χ3n) is 5.69. The molecule has 6 nitrogen and oxygen atoms in total. The van der Waals surface area contributed by atoms with Crippen molar-refractivity contribution in [2.45, 2.75) is 50.3 Å². The summed E-state index contributed by atoms with van der Waals surface area (Å²) in [5, 5.41) is 2.94. The lowest BCUT2D eigenvalue weighted by Gasteiger charge is -2.26. The van der Waals surface area contributed by atoms with Gasteiger partial charge in [-0.3, -0.25) is 4.79 Å². The van der Waals surface area contributed by atoms with Gasteiger partial charge in [0, 0.05) is 44.5 Å². The van der Waals surface area contributed by atoms with Crippen molar-refractivity contribution in [2.75, 3.05) is 39.3 Å². The third-order valence-corrected chi connectivity index (χ3v) is 7.73. The van der Waals surface area contributed by atoms with Crippen LogP contribution in [-0.2, 0) is 10.0 Å². The van der Waals surface area contributed by atoms with Gasteiger partial charge in [0.25, 0.3) is 5.91 Å². The Balaban J connectivity index is 1.62. The van der Waals surface area contributed by atoms with E-state index in [9.17, 15) is 13.2 Å². The van der Waals surface area contributed by atoms with Crippen LogP contribution in [0.2, 0.25) is 0 Å². The highest BCUT2D eigenvalue weighted by molar-refractivity contribution is 7.89. The number of quaternary nitrogens is 1. The summed E-state index contributed by atoms with van der Waals surface area (Å²) < 4.78 is 27.5. The molecular formula is C20H32N3O3S+. The molecule has 1 amide bonds. The van der Waals surface area contributed by atoms with Gasteiger partial charge in [-0.25, -0.2) is 8.42 Å². The van der Waals surface area contributed by atoms with Crippen LogP contribution in [0.25, 0.3) is 0 Å². The van der Waals surface area contributed by atoms with Gasteiger partial charge in [0.1, 0.15) is 0 Å². The van der Waals surface area contributed by atoms with Crippen LogP contribution in [-0.4, -0.2) is 57.9 Å². The molecule has 0 unspecified atom stereocenters. The second-order valence-corrected chi connectivity index (χ2v) is 9.67. The van der Waals surface area contributed by atoms with Crippen LogP contribution in [0.3, 0.4) is 0 Å². The highest BCUT2D eigenvalue weighted by Gasteiger charge is 2.28. The van der Waals surface area contributed by atoms with E-state index in [1.807, 2.05) is 0 Å². The summed E-state index contributed by atoms with van der Waals surface area (Å²) in [4.78, 5) is 14.4. The molecule has 1 aromatic rings. The zero-order valence-corrected chi connectivity index (χ0v) is 17.1. The Labute approximate surface area is 163 Å². The Morgan fingerprint density at radius 3 is 2.52 bits per heavy atom. The van der Waals surface area contributed by atoms with Gasteiger partial charge < -0.3 is 10.2 Å². The molecule has 0 bridgehead atoms. The molecule has 0 radical (unpaired) electrons. The molecule has 2 saturated heterocycles. The second-order valence-electron chi connectivity index (χ2n) is 7.76. The summed E-state index contributed by atoms with van der Waals surface area (Å²) in [6.07, 6.45) is 6.44. The molecule has 3 rings (SSSR count). The average molecular weight is 395 g/mol. The molecule has 0 aromatic heterocycles. The topological polar surface area (TPSA) is 70.9 Å². The van der Waals surface area contributed by atoms with E-state index in [1.54, 1.807) is 34.3 Å². The number of carbonyl (C=O) groups is 1. The summed E-state index contributed by atoms with van der Waals surface area (Å²) in [5.74, 6) is -0.193. The SMILES string of the molecule is Cc1ccc(C(=O)NCCC[NH+]2CCCC2)cc1S(=O)(=O)N1CCCCC1. The molecule has 2 fully saturated rings. The van der Waals surface area contributed by atoms with E-state index in [1.165, 1.54) is 25.9 Å². The fourth-order valence-corrected chi connectivity index (χ4v) is 5.80. The largest absolute Gasteiger partial charge is 0.352 e. The van der Waals surface area contributed by atoms with Crippen molar-refractivity contribution in [3.8, 4) is 0 Å². The normalized spacial score (nSPS) is 19.3. The molecule has 2 aliphatic rings. The fourth-order valence-electron chi connectivity index (χ4n) is 4.03. The number of nitrogens with one attached hydrogen (secondary N) is 2. The summed E-state index contributed by atoms with van der Waals surface area (Å²) in [7, 11) is -3.53. The monoisotopic (exact) mass is 394 g/mol. The highest BCUT2D eigenvalue weighted by Crippen LogP contribution is 2.24. The van der Waals surface area contributed by atoms with Gasteiger partial charge in [-0.05, 0) is 37.5 Å². The lowest BCUT2D eigenvalue weighted by molar-refractivity contribution is -0.887. The van der Waals surface area contributed by atoms with E-state index in [-0.39, 0.29) is 10.8 Å². The first-order valence-electron chi connectivity index (χ1n) is 10.2. The summed E-state index contributed by atoms with van der Waals surface area (Å²) in [6.45, 7) is 7.12. The second kappa shape index (κ2) is 9.17. The number of sulfonamides is 1. The maximum atomic E-state index is 13.0. The van der Waals surface area contributed by atoms with Crippen LogP contribution in [0.4, 0.5) is 0 Å².